The van der Waals surface area contributed by atoms with E-state index in [-0.39, 0.29) is 5.41 Å². The van der Waals surface area contributed by atoms with Crippen LogP contribution in [0.4, 0.5) is 0 Å². The van der Waals surface area contributed by atoms with Crippen molar-refractivity contribution in [3.63, 3.8) is 0 Å². The van der Waals surface area contributed by atoms with Crippen molar-refractivity contribution in [1.29, 1.82) is 0 Å². The summed E-state index contributed by atoms with van der Waals surface area (Å²) in [5.41, 5.74) is 0.139. The molecule has 150 valence electrons. The van der Waals surface area contributed by atoms with Crippen molar-refractivity contribution in [3.8, 4) is 0 Å². The Bertz CT molecular complexity index is 709. The fourth-order valence-corrected chi connectivity index (χ4v) is 5.02. The van der Waals surface area contributed by atoms with Crippen molar-refractivity contribution >= 4 is 5.96 Å². The van der Waals surface area contributed by atoms with Gasteiger partial charge in [0.05, 0.1) is 12.6 Å². The van der Waals surface area contributed by atoms with Gasteiger partial charge < -0.3 is 15.4 Å². The minimum atomic E-state index is 0.139. The van der Waals surface area contributed by atoms with Crippen LogP contribution in [0.1, 0.15) is 64.5 Å². The number of aliphatic imine (C=N–C) groups is 1. The van der Waals surface area contributed by atoms with Crippen LogP contribution in [0.15, 0.2) is 4.99 Å². The predicted octanol–water partition coefficient (Wildman–Crippen LogP) is 2.08. The zero-order chi connectivity index (χ0) is 19.2. The second kappa shape index (κ2) is 7.08. The van der Waals surface area contributed by atoms with E-state index in [0.717, 1.165) is 50.0 Å². The van der Waals surface area contributed by atoms with Crippen LogP contribution < -0.4 is 10.6 Å². The summed E-state index contributed by atoms with van der Waals surface area (Å²) in [6.45, 7) is 10.7. The molecular formula is C20H34N6O. The average Bonchev–Trinajstić information content (AvgIpc) is 3.08. The second-order valence-electron chi connectivity index (χ2n) is 9.22. The van der Waals surface area contributed by atoms with E-state index in [1.54, 1.807) is 0 Å². The highest BCUT2D eigenvalue weighted by molar-refractivity contribution is 5.80. The molecule has 27 heavy (non-hydrogen) atoms. The third-order valence-corrected chi connectivity index (χ3v) is 6.58. The lowest BCUT2D eigenvalue weighted by Gasteiger charge is -2.60. The highest BCUT2D eigenvalue weighted by Crippen LogP contribution is 2.51. The number of fused-ring (bicyclic) bond motifs is 2. The molecule has 1 saturated heterocycles. The summed E-state index contributed by atoms with van der Waals surface area (Å²) in [7, 11) is 1.86. The first-order valence-corrected chi connectivity index (χ1v) is 10.4. The fraction of sp³-hybridized carbons (Fsp3) is 0.850. The predicted molar refractivity (Wildman–Crippen MR) is 106 cm³/mol. The van der Waals surface area contributed by atoms with E-state index < -0.39 is 0 Å². The zero-order valence-corrected chi connectivity index (χ0v) is 17.3. The van der Waals surface area contributed by atoms with E-state index in [0.29, 0.717) is 30.0 Å². The molecule has 2 aliphatic heterocycles. The number of aryl methyl sites for hydroxylation is 1. The molecular weight excluding hydrogens is 340 g/mol. The Kier molecular flexibility index (Phi) is 4.91. The van der Waals surface area contributed by atoms with E-state index in [1.807, 2.05) is 7.05 Å². The first-order valence-electron chi connectivity index (χ1n) is 10.4. The maximum atomic E-state index is 6.03. The number of nitrogens with zero attached hydrogens (tertiary/aromatic N) is 4. The first kappa shape index (κ1) is 18.7. The lowest BCUT2D eigenvalue weighted by Crippen LogP contribution is -2.71. The van der Waals surface area contributed by atoms with Crippen LogP contribution in [0.2, 0.25) is 0 Å². The molecule has 1 aromatic rings. The summed E-state index contributed by atoms with van der Waals surface area (Å²) >= 11 is 0. The van der Waals surface area contributed by atoms with Crippen molar-refractivity contribution in [2.75, 3.05) is 13.7 Å². The number of rotatable bonds is 3. The molecule has 0 spiro atoms. The molecule has 0 bridgehead atoms. The van der Waals surface area contributed by atoms with Crippen molar-refractivity contribution in [3.05, 3.63) is 11.6 Å². The van der Waals surface area contributed by atoms with Gasteiger partial charge in [-0.3, -0.25) is 4.99 Å². The monoisotopic (exact) mass is 374 g/mol. The number of nitrogens with one attached hydrogen (secondary N) is 2. The van der Waals surface area contributed by atoms with E-state index in [4.69, 9.17) is 4.74 Å². The molecule has 1 aromatic heterocycles. The molecule has 3 heterocycles. The highest BCUT2D eigenvalue weighted by atomic mass is 16.5. The number of hydrogen-bond donors (Lipinski definition) is 2. The van der Waals surface area contributed by atoms with Crippen LogP contribution in [0.3, 0.4) is 0 Å². The minimum Gasteiger partial charge on any atom is -0.377 e. The van der Waals surface area contributed by atoms with E-state index >= 15 is 0 Å². The lowest BCUT2D eigenvalue weighted by molar-refractivity contribution is -0.188. The summed E-state index contributed by atoms with van der Waals surface area (Å²) in [4.78, 5) is 9.19. The number of hydrogen-bond acceptors (Lipinski definition) is 4. The van der Waals surface area contributed by atoms with Gasteiger partial charge in [0, 0.05) is 49.4 Å². The molecule has 0 aromatic carbocycles. The topological polar surface area (TPSA) is 76.4 Å². The van der Waals surface area contributed by atoms with Gasteiger partial charge in [-0.15, -0.1) is 0 Å². The molecule has 0 radical (unpaired) electrons. The van der Waals surface area contributed by atoms with Crippen molar-refractivity contribution in [2.45, 2.75) is 84.0 Å². The van der Waals surface area contributed by atoms with Crippen LogP contribution in [0.25, 0.3) is 0 Å². The van der Waals surface area contributed by atoms with Crippen LogP contribution in [-0.2, 0) is 17.7 Å². The maximum absolute atomic E-state index is 6.03. The van der Waals surface area contributed by atoms with Gasteiger partial charge in [0.25, 0.3) is 0 Å². The Morgan fingerprint density at radius 3 is 2.85 bits per heavy atom. The molecule has 2 fully saturated rings. The van der Waals surface area contributed by atoms with Gasteiger partial charge in [-0.05, 0) is 19.3 Å². The minimum absolute atomic E-state index is 0.139. The van der Waals surface area contributed by atoms with Gasteiger partial charge in [0.15, 0.2) is 11.8 Å². The van der Waals surface area contributed by atoms with E-state index in [2.05, 4.69) is 58.1 Å². The quantitative estimate of drug-likeness (QED) is 0.626. The van der Waals surface area contributed by atoms with E-state index in [1.165, 1.54) is 6.42 Å². The molecule has 3 aliphatic rings. The summed E-state index contributed by atoms with van der Waals surface area (Å²) in [6, 6.07) is 0.735. The zero-order valence-electron chi connectivity index (χ0n) is 17.3. The molecule has 4 unspecified atom stereocenters. The molecule has 7 nitrogen and oxygen atoms in total. The molecule has 4 atom stereocenters. The largest absolute Gasteiger partial charge is 0.377 e. The number of ether oxygens (including phenoxy) is 1. The summed E-state index contributed by atoms with van der Waals surface area (Å²) in [6.07, 6.45) is 4.80. The highest BCUT2D eigenvalue weighted by Gasteiger charge is 2.58. The number of aromatic nitrogens is 3. The van der Waals surface area contributed by atoms with E-state index in [9.17, 15) is 0 Å². The molecule has 1 saturated carbocycles. The van der Waals surface area contributed by atoms with Crippen LogP contribution >= 0.6 is 0 Å². The smallest absolute Gasteiger partial charge is 0.191 e. The summed E-state index contributed by atoms with van der Waals surface area (Å²) in [5.74, 6) is 3.93. The Morgan fingerprint density at radius 1 is 1.30 bits per heavy atom. The molecule has 7 heteroatoms. The SMILES string of the molecule is CN=C(NC1CCc2nc(C(C)C)nn2C1)NC1C2CCCOC2C1(C)C. The molecule has 1 aliphatic carbocycles. The Hall–Kier alpha value is -1.63. The second-order valence-corrected chi connectivity index (χ2v) is 9.22. The Balaban J connectivity index is 1.38. The van der Waals surface area contributed by atoms with Gasteiger partial charge in [0.2, 0.25) is 0 Å². The van der Waals surface area contributed by atoms with Gasteiger partial charge in [-0.1, -0.05) is 27.7 Å². The van der Waals surface area contributed by atoms with Crippen molar-refractivity contribution in [2.24, 2.45) is 16.3 Å². The van der Waals surface area contributed by atoms with Crippen molar-refractivity contribution in [1.82, 2.24) is 25.4 Å². The lowest BCUT2D eigenvalue weighted by atomic mass is 9.55. The van der Waals surface area contributed by atoms with Gasteiger partial charge >= 0.3 is 0 Å². The van der Waals surface area contributed by atoms with Crippen molar-refractivity contribution < 1.29 is 4.74 Å². The van der Waals surface area contributed by atoms with Crippen LogP contribution in [0.5, 0.6) is 0 Å². The third kappa shape index (κ3) is 3.35. The summed E-state index contributed by atoms with van der Waals surface area (Å²) < 4.78 is 8.10. The summed E-state index contributed by atoms with van der Waals surface area (Å²) in [5, 5.41) is 12.0. The van der Waals surface area contributed by atoms with Gasteiger partial charge in [0.1, 0.15) is 5.82 Å². The Morgan fingerprint density at radius 2 is 2.11 bits per heavy atom. The Labute approximate surface area is 162 Å². The van der Waals surface area contributed by atoms with Crippen LogP contribution in [-0.4, -0.2) is 52.6 Å². The number of guanidine groups is 1. The first-order chi connectivity index (χ1) is 12.9. The molecule has 2 N–H and O–H groups in total. The van der Waals surface area contributed by atoms with Crippen LogP contribution in [0, 0.1) is 11.3 Å². The third-order valence-electron chi connectivity index (χ3n) is 6.58. The molecule has 4 rings (SSSR count). The molecule has 0 amide bonds. The standard InChI is InChI=1S/C20H34N6O/c1-12(2)18-23-15-9-8-13(11-26(15)25-18)22-19(21-5)24-16-14-7-6-10-27-17(14)20(16,3)4/h12-14,16-17H,6-11H2,1-5H3,(H2,21,22,24). The van der Waals surface area contributed by atoms with Gasteiger partial charge in [-0.25, -0.2) is 9.67 Å². The normalized spacial score (nSPS) is 32.4. The van der Waals surface area contributed by atoms with Gasteiger partial charge in [-0.2, -0.15) is 5.10 Å². The average molecular weight is 375 g/mol. The maximum Gasteiger partial charge on any atom is 0.191 e. The fourth-order valence-electron chi connectivity index (χ4n) is 5.02.